The molecular weight excluding hydrogens is 186 g/mol. The van der Waals surface area contributed by atoms with Crippen LogP contribution in [0.4, 0.5) is 8.78 Å². The topological polar surface area (TPSA) is 17.1 Å². The Balaban J connectivity index is 2.85. The highest BCUT2D eigenvalue weighted by molar-refractivity contribution is 6.01. The number of carbonyl (C=O) groups excluding carboxylic acids is 1. The fourth-order valence-electron chi connectivity index (χ4n) is 1.23. The molecule has 1 nitrogen and oxygen atoms in total. The molecule has 0 unspecified atom stereocenters. The maximum atomic E-state index is 13.2. The molecule has 3 heteroatoms. The van der Waals surface area contributed by atoms with Crippen LogP contribution in [0.1, 0.15) is 30.1 Å². The van der Waals surface area contributed by atoms with Crippen LogP contribution in [0.25, 0.3) is 0 Å². The first-order chi connectivity index (χ1) is 6.58. The third-order valence-electron chi connectivity index (χ3n) is 1.93. The quantitative estimate of drug-likeness (QED) is 0.678. The molecule has 0 fully saturated rings. The molecule has 0 bridgehead atoms. The number of halogens is 2. The number of carbonyl (C=O) groups is 1. The van der Waals surface area contributed by atoms with E-state index in [0.717, 1.165) is 0 Å². The maximum absolute atomic E-state index is 13.2. The molecule has 0 aromatic heterocycles. The summed E-state index contributed by atoms with van der Waals surface area (Å²) < 4.78 is 26.3. The highest BCUT2D eigenvalue weighted by atomic mass is 19.3. The fraction of sp³-hybridized carbons (Fsp3) is 0.364. The summed E-state index contributed by atoms with van der Waals surface area (Å²) >= 11 is 0. The average Bonchev–Trinajstić information content (AvgIpc) is 2.18. The van der Waals surface area contributed by atoms with E-state index in [1.165, 1.54) is 12.1 Å². The lowest BCUT2D eigenvalue weighted by molar-refractivity contribution is 0.00453. The first-order valence-electron chi connectivity index (χ1n) is 4.55. The molecule has 0 aliphatic heterocycles. The summed E-state index contributed by atoms with van der Waals surface area (Å²) in [6, 6.07) is 7.66. The van der Waals surface area contributed by atoms with Crippen LogP contribution in [-0.4, -0.2) is 11.7 Å². The summed E-state index contributed by atoms with van der Waals surface area (Å²) in [6.45, 7) is 1.63. The molecule has 0 atom stereocenters. The van der Waals surface area contributed by atoms with E-state index in [0.29, 0.717) is 6.42 Å². The zero-order valence-corrected chi connectivity index (χ0v) is 7.97. The zero-order valence-electron chi connectivity index (χ0n) is 7.97. The van der Waals surface area contributed by atoms with Gasteiger partial charge in [0.15, 0.2) is 0 Å². The second kappa shape index (κ2) is 4.31. The van der Waals surface area contributed by atoms with Gasteiger partial charge >= 0.3 is 5.92 Å². The van der Waals surface area contributed by atoms with Crippen LogP contribution in [0.3, 0.4) is 0 Å². The van der Waals surface area contributed by atoms with E-state index in [2.05, 4.69) is 0 Å². The molecule has 0 saturated carbocycles. The third kappa shape index (κ3) is 2.37. The molecule has 0 radical (unpaired) electrons. The van der Waals surface area contributed by atoms with Crippen molar-refractivity contribution in [1.82, 2.24) is 0 Å². The maximum Gasteiger partial charge on any atom is 0.309 e. The van der Waals surface area contributed by atoms with Gasteiger partial charge in [0, 0.05) is 12.0 Å². The molecular formula is C11H12F2O. The van der Waals surface area contributed by atoms with Crippen molar-refractivity contribution in [3.05, 3.63) is 35.9 Å². The Labute approximate surface area is 81.7 Å². The van der Waals surface area contributed by atoms with Gasteiger partial charge < -0.3 is 0 Å². The second-order valence-electron chi connectivity index (χ2n) is 3.15. The van der Waals surface area contributed by atoms with Crippen molar-refractivity contribution >= 4 is 5.78 Å². The summed E-state index contributed by atoms with van der Waals surface area (Å²) in [5.41, 5.74) is 0.0750. The van der Waals surface area contributed by atoms with Gasteiger partial charge in [-0.2, -0.15) is 8.78 Å². The van der Waals surface area contributed by atoms with Crippen molar-refractivity contribution in [3.8, 4) is 0 Å². The van der Waals surface area contributed by atoms with Crippen molar-refractivity contribution in [2.45, 2.75) is 25.7 Å². The molecule has 14 heavy (non-hydrogen) atoms. The van der Waals surface area contributed by atoms with Gasteiger partial charge in [0.25, 0.3) is 0 Å². The van der Waals surface area contributed by atoms with Crippen LogP contribution in [0.5, 0.6) is 0 Å². The lowest BCUT2D eigenvalue weighted by Gasteiger charge is -2.13. The predicted octanol–water partition coefficient (Wildman–Crippen LogP) is 3.30. The van der Waals surface area contributed by atoms with E-state index in [1.807, 2.05) is 0 Å². The highest BCUT2D eigenvalue weighted by Gasteiger charge is 2.37. The Morgan fingerprint density at radius 2 is 1.86 bits per heavy atom. The third-order valence-corrected chi connectivity index (χ3v) is 1.93. The molecule has 1 aromatic rings. The van der Waals surface area contributed by atoms with Gasteiger partial charge in [-0.3, -0.25) is 4.79 Å². The highest BCUT2D eigenvalue weighted by Crippen LogP contribution is 2.25. The summed E-state index contributed by atoms with van der Waals surface area (Å²) in [6.07, 6.45) is -0.0910. The second-order valence-corrected chi connectivity index (χ2v) is 3.15. The van der Waals surface area contributed by atoms with Crippen molar-refractivity contribution < 1.29 is 13.6 Å². The Hall–Kier alpha value is -1.25. The van der Waals surface area contributed by atoms with Gasteiger partial charge in [-0.25, -0.2) is 0 Å². The molecule has 76 valence electrons. The minimum absolute atomic E-state index is 0.0750. The van der Waals surface area contributed by atoms with Crippen LogP contribution < -0.4 is 0 Å². The van der Waals surface area contributed by atoms with Crippen LogP contribution >= 0.6 is 0 Å². The minimum Gasteiger partial charge on any atom is -0.287 e. The molecule has 0 amide bonds. The van der Waals surface area contributed by atoms with E-state index in [-0.39, 0.29) is 12.0 Å². The smallest absolute Gasteiger partial charge is 0.287 e. The summed E-state index contributed by atoms with van der Waals surface area (Å²) in [5.74, 6) is -4.31. The average molecular weight is 198 g/mol. The molecule has 0 saturated heterocycles. The normalized spacial score (nSPS) is 11.4. The molecule has 0 spiro atoms. The van der Waals surface area contributed by atoms with Gasteiger partial charge in [-0.05, 0) is 6.42 Å². The number of benzene rings is 1. The summed E-state index contributed by atoms with van der Waals surface area (Å²) in [7, 11) is 0. The fourth-order valence-corrected chi connectivity index (χ4v) is 1.23. The molecule has 0 heterocycles. The van der Waals surface area contributed by atoms with E-state index >= 15 is 0 Å². The molecule has 1 rings (SSSR count). The molecule has 0 aliphatic carbocycles. The van der Waals surface area contributed by atoms with Crippen molar-refractivity contribution in [2.75, 3.05) is 0 Å². The Kier molecular flexibility index (Phi) is 3.33. The monoisotopic (exact) mass is 198 g/mol. The standard InChI is InChI=1S/C11H12F2O/c1-2-8-11(12,13)10(14)9-6-4-3-5-7-9/h3-7H,2,8H2,1H3. The predicted molar refractivity (Wildman–Crippen MR) is 50.6 cm³/mol. The Morgan fingerprint density at radius 1 is 1.29 bits per heavy atom. The zero-order chi connectivity index (χ0) is 10.6. The van der Waals surface area contributed by atoms with Crippen molar-refractivity contribution in [2.24, 2.45) is 0 Å². The number of rotatable bonds is 4. The van der Waals surface area contributed by atoms with Crippen LogP contribution in [0, 0.1) is 0 Å². The largest absolute Gasteiger partial charge is 0.309 e. The van der Waals surface area contributed by atoms with Crippen molar-refractivity contribution in [1.29, 1.82) is 0 Å². The first-order valence-corrected chi connectivity index (χ1v) is 4.55. The minimum atomic E-state index is -3.23. The van der Waals surface area contributed by atoms with Crippen LogP contribution in [0.2, 0.25) is 0 Å². The number of alkyl halides is 2. The molecule has 0 N–H and O–H groups in total. The van der Waals surface area contributed by atoms with Crippen molar-refractivity contribution in [3.63, 3.8) is 0 Å². The van der Waals surface area contributed by atoms with Gasteiger partial charge in [-0.1, -0.05) is 37.3 Å². The first kappa shape index (κ1) is 10.8. The number of ketones is 1. The molecule has 1 aromatic carbocycles. The number of hydrogen-bond donors (Lipinski definition) is 0. The number of Topliss-reactive ketones (excluding diaryl/α,β-unsaturated/α-hetero) is 1. The molecule has 0 aliphatic rings. The van der Waals surface area contributed by atoms with Crippen LogP contribution in [0.15, 0.2) is 30.3 Å². The lowest BCUT2D eigenvalue weighted by Crippen LogP contribution is -2.28. The Morgan fingerprint density at radius 3 is 2.36 bits per heavy atom. The van der Waals surface area contributed by atoms with Gasteiger partial charge in [0.1, 0.15) is 0 Å². The van der Waals surface area contributed by atoms with Crippen LogP contribution in [-0.2, 0) is 0 Å². The number of hydrogen-bond acceptors (Lipinski definition) is 1. The van der Waals surface area contributed by atoms with E-state index < -0.39 is 11.7 Å². The van der Waals surface area contributed by atoms with E-state index in [1.54, 1.807) is 25.1 Å². The van der Waals surface area contributed by atoms with Gasteiger partial charge in [-0.15, -0.1) is 0 Å². The van der Waals surface area contributed by atoms with E-state index in [9.17, 15) is 13.6 Å². The Bertz CT molecular complexity index is 306. The summed E-state index contributed by atoms with van der Waals surface area (Å²) in [5, 5.41) is 0. The van der Waals surface area contributed by atoms with Gasteiger partial charge in [0.2, 0.25) is 5.78 Å². The summed E-state index contributed by atoms with van der Waals surface area (Å²) in [4.78, 5) is 11.3. The van der Waals surface area contributed by atoms with Gasteiger partial charge in [0.05, 0.1) is 0 Å². The van der Waals surface area contributed by atoms with E-state index in [4.69, 9.17) is 0 Å². The SMILES string of the molecule is CCCC(F)(F)C(=O)c1ccccc1. The lowest BCUT2D eigenvalue weighted by atomic mass is 10.0.